The molecule has 0 aliphatic heterocycles. The number of carbonyl (C=O) groups is 2. The lowest BCUT2D eigenvalue weighted by molar-refractivity contribution is -0.141. The second-order valence-electron chi connectivity index (χ2n) is 7.82. The predicted octanol–water partition coefficient (Wildman–Crippen LogP) is 3.27. The van der Waals surface area contributed by atoms with Crippen LogP contribution in [0.2, 0.25) is 0 Å². The SMILES string of the molecule is COCCN(CC(=O)N(Cc1ccccc1)Cc1cccn1C)C(=O)Cc1ccccc1. The van der Waals surface area contributed by atoms with Crippen molar-refractivity contribution in [2.45, 2.75) is 19.5 Å². The molecule has 0 saturated carbocycles. The van der Waals surface area contributed by atoms with Crippen LogP contribution in [0.25, 0.3) is 0 Å². The van der Waals surface area contributed by atoms with Crippen molar-refractivity contribution in [3.05, 3.63) is 95.8 Å². The van der Waals surface area contributed by atoms with Gasteiger partial charge in [0.1, 0.15) is 0 Å². The first-order chi connectivity index (χ1) is 15.6. The van der Waals surface area contributed by atoms with E-state index >= 15 is 0 Å². The fourth-order valence-corrected chi connectivity index (χ4v) is 3.53. The number of hydrogen-bond acceptors (Lipinski definition) is 3. The maximum absolute atomic E-state index is 13.4. The largest absolute Gasteiger partial charge is 0.383 e. The van der Waals surface area contributed by atoms with Gasteiger partial charge in [-0.1, -0.05) is 60.7 Å². The highest BCUT2D eigenvalue weighted by Gasteiger charge is 2.22. The first-order valence-corrected chi connectivity index (χ1v) is 10.8. The van der Waals surface area contributed by atoms with Gasteiger partial charge >= 0.3 is 0 Å². The minimum Gasteiger partial charge on any atom is -0.383 e. The van der Waals surface area contributed by atoms with E-state index in [2.05, 4.69) is 0 Å². The number of aryl methyl sites for hydroxylation is 1. The number of benzene rings is 2. The minimum absolute atomic E-state index is 0.0201. The van der Waals surface area contributed by atoms with Crippen LogP contribution in [0.4, 0.5) is 0 Å². The molecule has 2 aromatic carbocycles. The molecule has 1 aromatic heterocycles. The zero-order valence-corrected chi connectivity index (χ0v) is 18.8. The van der Waals surface area contributed by atoms with Crippen LogP contribution in [-0.4, -0.2) is 53.0 Å². The molecule has 6 nitrogen and oxygen atoms in total. The number of nitrogens with zero attached hydrogens (tertiary/aromatic N) is 3. The van der Waals surface area contributed by atoms with Crippen LogP contribution >= 0.6 is 0 Å². The molecular weight excluding hydrogens is 402 g/mol. The van der Waals surface area contributed by atoms with Crippen molar-refractivity contribution in [3.63, 3.8) is 0 Å². The van der Waals surface area contributed by atoms with Crippen molar-refractivity contribution in [1.82, 2.24) is 14.4 Å². The van der Waals surface area contributed by atoms with Crippen LogP contribution in [0.3, 0.4) is 0 Å². The second kappa shape index (κ2) is 11.9. The Labute approximate surface area is 190 Å². The van der Waals surface area contributed by atoms with Crippen LogP contribution in [0.1, 0.15) is 16.8 Å². The van der Waals surface area contributed by atoms with Gasteiger partial charge in [-0.25, -0.2) is 0 Å². The Morgan fingerprint density at radius 1 is 0.812 bits per heavy atom. The summed E-state index contributed by atoms with van der Waals surface area (Å²) in [5, 5.41) is 0. The molecule has 32 heavy (non-hydrogen) atoms. The number of methoxy groups -OCH3 is 1. The minimum atomic E-state index is -0.0902. The average Bonchev–Trinajstić information content (AvgIpc) is 3.21. The monoisotopic (exact) mass is 433 g/mol. The zero-order valence-electron chi connectivity index (χ0n) is 18.8. The van der Waals surface area contributed by atoms with Crippen molar-refractivity contribution in [2.75, 3.05) is 26.8 Å². The van der Waals surface area contributed by atoms with Crippen molar-refractivity contribution in [2.24, 2.45) is 7.05 Å². The summed E-state index contributed by atoms with van der Waals surface area (Å²) in [5.41, 5.74) is 3.01. The molecule has 0 unspecified atom stereocenters. The van der Waals surface area contributed by atoms with Gasteiger partial charge in [-0.15, -0.1) is 0 Å². The molecule has 168 valence electrons. The third kappa shape index (κ3) is 6.82. The summed E-state index contributed by atoms with van der Waals surface area (Å²) in [5.74, 6) is -0.173. The topological polar surface area (TPSA) is 54.8 Å². The molecule has 6 heteroatoms. The fourth-order valence-electron chi connectivity index (χ4n) is 3.53. The summed E-state index contributed by atoms with van der Waals surface area (Å²) >= 11 is 0. The van der Waals surface area contributed by atoms with Gasteiger partial charge < -0.3 is 19.1 Å². The Balaban J connectivity index is 1.75. The Kier molecular flexibility index (Phi) is 8.63. The van der Waals surface area contributed by atoms with E-state index in [4.69, 9.17) is 4.74 Å². The molecule has 0 N–H and O–H groups in total. The van der Waals surface area contributed by atoms with E-state index in [0.717, 1.165) is 16.8 Å². The van der Waals surface area contributed by atoms with E-state index in [1.54, 1.807) is 16.9 Å². The Hall–Kier alpha value is -3.38. The van der Waals surface area contributed by atoms with E-state index in [1.807, 2.05) is 90.6 Å². The normalized spacial score (nSPS) is 10.7. The number of aromatic nitrogens is 1. The number of carbonyl (C=O) groups excluding carboxylic acids is 2. The van der Waals surface area contributed by atoms with Gasteiger partial charge in [-0.2, -0.15) is 0 Å². The molecule has 3 rings (SSSR count). The van der Waals surface area contributed by atoms with Crippen molar-refractivity contribution >= 4 is 11.8 Å². The smallest absolute Gasteiger partial charge is 0.242 e. The zero-order chi connectivity index (χ0) is 22.8. The van der Waals surface area contributed by atoms with E-state index in [1.165, 1.54) is 0 Å². The van der Waals surface area contributed by atoms with Gasteiger partial charge in [0, 0.05) is 39.1 Å². The van der Waals surface area contributed by atoms with E-state index in [-0.39, 0.29) is 24.8 Å². The van der Waals surface area contributed by atoms with E-state index in [0.29, 0.717) is 26.2 Å². The van der Waals surface area contributed by atoms with Crippen LogP contribution in [0, 0.1) is 0 Å². The summed E-state index contributed by atoms with van der Waals surface area (Å²) in [4.78, 5) is 29.8. The Morgan fingerprint density at radius 2 is 1.47 bits per heavy atom. The second-order valence-corrected chi connectivity index (χ2v) is 7.82. The highest BCUT2D eigenvalue weighted by atomic mass is 16.5. The fraction of sp³-hybridized carbons (Fsp3) is 0.308. The molecule has 0 aliphatic rings. The standard InChI is InChI=1S/C26H31N3O3/c1-27-15-9-14-24(27)20-29(19-23-12-7-4-8-13-23)26(31)21-28(16-17-32-2)25(30)18-22-10-5-3-6-11-22/h3-15H,16-21H2,1-2H3. The molecule has 2 amide bonds. The molecule has 0 bridgehead atoms. The van der Waals surface area contributed by atoms with E-state index < -0.39 is 0 Å². The summed E-state index contributed by atoms with van der Waals surface area (Å²) in [6.07, 6.45) is 2.23. The van der Waals surface area contributed by atoms with E-state index in [9.17, 15) is 9.59 Å². The number of hydrogen-bond donors (Lipinski definition) is 0. The lowest BCUT2D eigenvalue weighted by atomic mass is 10.1. The lowest BCUT2D eigenvalue weighted by Crippen LogP contribution is -2.44. The van der Waals surface area contributed by atoms with Crippen LogP contribution < -0.4 is 0 Å². The average molecular weight is 434 g/mol. The quantitative estimate of drug-likeness (QED) is 0.466. The summed E-state index contributed by atoms with van der Waals surface area (Å²) in [6, 6.07) is 23.5. The van der Waals surface area contributed by atoms with Crippen molar-refractivity contribution in [1.29, 1.82) is 0 Å². The Morgan fingerprint density at radius 3 is 2.06 bits per heavy atom. The van der Waals surface area contributed by atoms with Crippen molar-refractivity contribution < 1.29 is 14.3 Å². The van der Waals surface area contributed by atoms with Crippen LogP contribution in [-0.2, 0) is 40.9 Å². The summed E-state index contributed by atoms with van der Waals surface area (Å²) < 4.78 is 7.20. The maximum atomic E-state index is 13.4. The molecule has 0 radical (unpaired) electrons. The van der Waals surface area contributed by atoms with Crippen LogP contribution in [0.5, 0.6) is 0 Å². The molecule has 0 saturated heterocycles. The highest BCUT2D eigenvalue weighted by Crippen LogP contribution is 2.12. The molecule has 0 spiro atoms. The Bertz CT molecular complexity index is 986. The van der Waals surface area contributed by atoms with Crippen molar-refractivity contribution in [3.8, 4) is 0 Å². The van der Waals surface area contributed by atoms with Gasteiger partial charge in [0.15, 0.2) is 0 Å². The molecule has 3 aromatic rings. The molecule has 0 fully saturated rings. The molecule has 0 aliphatic carbocycles. The number of amides is 2. The van der Waals surface area contributed by atoms with Gasteiger partial charge in [0.25, 0.3) is 0 Å². The maximum Gasteiger partial charge on any atom is 0.242 e. The molecular formula is C26H31N3O3. The third-order valence-electron chi connectivity index (χ3n) is 5.42. The van der Waals surface area contributed by atoms with Gasteiger partial charge in [-0.05, 0) is 23.3 Å². The van der Waals surface area contributed by atoms with Crippen LogP contribution in [0.15, 0.2) is 79.0 Å². The predicted molar refractivity (Wildman–Crippen MR) is 125 cm³/mol. The first-order valence-electron chi connectivity index (χ1n) is 10.8. The van der Waals surface area contributed by atoms with Gasteiger partial charge in [-0.3, -0.25) is 9.59 Å². The van der Waals surface area contributed by atoms with Gasteiger partial charge in [0.2, 0.25) is 11.8 Å². The van der Waals surface area contributed by atoms with Gasteiger partial charge in [0.05, 0.1) is 26.1 Å². The molecule has 0 atom stereocenters. The number of rotatable bonds is 11. The summed E-state index contributed by atoms with van der Waals surface area (Å²) in [7, 11) is 3.56. The lowest BCUT2D eigenvalue weighted by Gasteiger charge is -2.28. The first kappa shape index (κ1) is 23.3. The number of ether oxygens (including phenoxy) is 1. The highest BCUT2D eigenvalue weighted by molar-refractivity contribution is 5.86. The third-order valence-corrected chi connectivity index (χ3v) is 5.42. The molecule has 1 heterocycles. The summed E-state index contributed by atoms with van der Waals surface area (Å²) in [6.45, 7) is 1.73.